The van der Waals surface area contributed by atoms with Crippen LogP contribution in [0, 0.1) is 17.8 Å². The van der Waals surface area contributed by atoms with Crippen LogP contribution in [0.1, 0.15) is 54.4 Å². The molecule has 7 nitrogen and oxygen atoms in total. The van der Waals surface area contributed by atoms with E-state index in [1.54, 1.807) is 30.3 Å². The first-order chi connectivity index (χ1) is 18.6. The second kappa shape index (κ2) is 11.1. The normalized spacial score (nSPS) is 19.6. The summed E-state index contributed by atoms with van der Waals surface area (Å²) in [5.41, 5.74) is 3.22. The van der Waals surface area contributed by atoms with E-state index in [2.05, 4.69) is 20.9 Å². The van der Waals surface area contributed by atoms with E-state index in [9.17, 15) is 22.8 Å². The Morgan fingerprint density at radius 3 is 2.56 bits per heavy atom. The molecule has 208 valence electrons. The zero-order valence-electron chi connectivity index (χ0n) is 21.6. The van der Waals surface area contributed by atoms with Crippen LogP contribution in [0.2, 0.25) is 5.02 Å². The standard InChI is InChI=1S/C28H31ClF3N5O2/c1-37-24-10-8-18(25(38)33-14-16-5-3-2-4-6-16)12-23(24)36-27(37)35-22-11-17(7-9-21(22)29)15-34-26(39)19-13-20(19)28(30,31)32/h7-12,16,19-20H,2-6,13-15H2,1H3,(H,33,38)(H,34,39)(H,35,36). The van der Waals surface area contributed by atoms with Crippen LogP contribution < -0.4 is 16.0 Å². The smallest absolute Gasteiger partial charge is 0.352 e. The molecule has 2 unspecified atom stereocenters. The molecule has 0 aliphatic heterocycles. The van der Waals surface area contributed by atoms with Gasteiger partial charge in [0.25, 0.3) is 5.91 Å². The molecule has 0 radical (unpaired) electrons. The quantitative estimate of drug-likeness (QED) is 0.310. The summed E-state index contributed by atoms with van der Waals surface area (Å²) in [5.74, 6) is -2.26. The lowest BCUT2D eigenvalue weighted by Gasteiger charge is -2.21. The van der Waals surface area contributed by atoms with E-state index >= 15 is 0 Å². The topological polar surface area (TPSA) is 88.1 Å². The number of imidazole rings is 1. The second-order valence-electron chi connectivity index (χ2n) is 10.6. The molecule has 2 fully saturated rings. The minimum atomic E-state index is -4.34. The van der Waals surface area contributed by atoms with Crippen molar-refractivity contribution in [3.63, 3.8) is 0 Å². The van der Waals surface area contributed by atoms with Gasteiger partial charge < -0.3 is 20.5 Å². The number of nitrogens with zero attached hydrogens (tertiary/aromatic N) is 2. The molecule has 2 aliphatic carbocycles. The fraction of sp³-hybridized carbons (Fsp3) is 0.464. The van der Waals surface area contributed by atoms with Crippen molar-refractivity contribution in [1.82, 2.24) is 20.2 Å². The van der Waals surface area contributed by atoms with Crippen LogP contribution >= 0.6 is 11.6 Å². The maximum atomic E-state index is 12.8. The second-order valence-corrected chi connectivity index (χ2v) is 11.0. The number of halogens is 4. The molecule has 2 aromatic carbocycles. The van der Waals surface area contributed by atoms with Crippen LogP contribution in [0.15, 0.2) is 36.4 Å². The minimum absolute atomic E-state index is 0.0770. The molecule has 5 rings (SSSR count). The molecule has 0 bridgehead atoms. The van der Waals surface area contributed by atoms with Crippen LogP contribution in [0.4, 0.5) is 24.8 Å². The molecular weight excluding hydrogens is 531 g/mol. The number of alkyl halides is 3. The Morgan fingerprint density at radius 2 is 1.85 bits per heavy atom. The maximum Gasteiger partial charge on any atom is 0.392 e. The fourth-order valence-corrected chi connectivity index (χ4v) is 5.41. The van der Waals surface area contributed by atoms with Gasteiger partial charge in [0.2, 0.25) is 11.9 Å². The highest BCUT2D eigenvalue weighted by atomic mass is 35.5. The molecule has 0 saturated heterocycles. The predicted molar refractivity (Wildman–Crippen MR) is 144 cm³/mol. The third-order valence-corrected chi connectivity index (χ3v) is 8.04. The molecule has 1 aromatic heterocycles. The van der Waals surface area contributed by atoms with Gasteiger partial charge >= 0.3 is 6.18 Å². The molecule has 2 atom stereocenters. The van der Waals surface area contributed by atoms with Crippen molar-refractivity contribution in [2.45, 2.75) is 51.2 Å². The lowest BCUT2D eigenvalue weighted by atomic mass is 9.89. The number of benzene rings is 2. The van der Waals surface area contributed by atoms with E-state index in [4.69, 9.17) is 11.6 Å². The molecule has 1 heterocycles. The third-order valence-electron chi connectivity index (χ3n) is 7.71. The van der Waals surface area contributed by atoms with E-state index in [0.717, 1.165) is 18.4 Å². The number of aryl methyl sites for hydroxylation is 1. The Balaban J connectivity index is 1.24. The van der Waals surface area contributed by atoms with Crippen LogP contribution in [-0.4, -0.2) is 34.1 Å². The van der Waals surface area contributed by atoms with Gasteiger partial charge in [0.15, 0.2) is 0 Å². The van der Waals surface area contributed by atoms with Crippen LogP contribution in [0.3, 0.4) is 0 Å². The molecule has 2 amide bonds. The number of amides is 2. The first kappa shape index (κ1) is 27.3. The van der Waals surface area contributed by atoms with Crippen LogP contribution in [-0.2, 0) is 18.4 Å². The van der Waals surface area contributed by atoms with Crippen molar-refractivity contribution in [1.29, 1.82) is 0 Å². The highest BCUT2D eigenvalue weighted by Gasteiger charge is 2.58. The minimum Gasteiger partial charge on any atom is -0.352 e. The number of aromatic nitrogens is 2. The Hall–Kier alpha value is -3.27. The largest absolute Gasteiger partial charge is 0.392 e. The third kappa shape index (κ3) is 6.32. The summed E-state index contributed by atoms with van der Waals surface area (Å²) in [4.78, 5) is 29.5. The van der Waals surface area contributed by atoms with Crippen LogP contribution in [0.5, 0.6) is 0 Å². The first-order valence-corrected chi connectivity index (χ1v) is 13.6. The predicted octanol–water partition coefficient (Wildman–Crippen LogP) is 6.10. The summed E-state index contributed by atoms with van der Waals surface area (Å²) in [6.07, 6.45) is 1.52. The Morgan fingerprint density at radius 1 is 1.08 bits per heavy atom. The zero-order chi connectivity index (χ0) is 27.7. The van der Waals surface area contributed by atoms with Gasteiger partial charge in [-0.25, -0.2) is 4.98 Å². The highest BCUT2D eigenvalue weighted by molar-refractivity contribution is 6.33. The number of carbonyl (C=O) groups excluding carboxylic acids is 2. The van der Waals surface area contributed by atoms with Crippen molar-refractivity contribution in [2.24, 2.45) is 24.8 Å². The van der Waals surface area contributed by atoms with Crippen LogP contribution in [0.25, 0.3) is 11.0 Å². The first-order valence-electron chi connectivity index (χ1n) is 13.2. The molecule has 2 saturated carbocycles. The van der Waals surface area contributed by atoms with Crippen molar-refractivity contribution in [3.8, 4) is 0 Å². The van der Waals surface area contributed by atoms with Gasteiger partial charge in [-0.3, -0.25) is 9.59 Å². The summed E-state index contributed by atoms with van der Waals surface area (Å²) >= 11 is 6.39. The summed E-state index contributed by atoms with van der Waals surface area (Å²) in [7, 11) is 1.84. The van der Waals surface area contributed by atoms with Gasteiger partial charge in [-0.15, -0.1) is 0 Å². The number of carbonyl (C=O) groups is 2. The molecule has 0 spiro atoms. The number of hydrogen-bond donors (Lipinski definition) is 3. The summed E-state index contributed by atoms with van der Waals surface area (Å²) < 4.78 is 40.1. The fourth-order valence-electron chi connectivity index (χ4n) is 5.25. The van der Waals surface area contributed by atoms with Gasteiger partial charge in [0.1, 0.15) is 0 Å². The van der Waals surface area contributed by atoms with E-state index in [0.29, 0.717) is 45.8 Å². The van der Waals surface area contributed by atoms with Crippen molar-refractivity contribution < 1.29 is 22.8 Å². The molecule has 11 heteroatoms. The number of anilines is 2. The molecule has 39 heavy (non-hydrogen) atoms. The van der Waals surface area contributed by atoms with Gasteiger partial charge in [0.05, 0.1) is 33.6 Å². The summed E-state index contributed by atoms with van der Waals surface area (Å²) in [6.45, 7) is 0.762. The molecule has 2 aliphatic rings. The van der Waals surface area contributed by atoms with Crippen molar-refractivity contribution in [2.75, 3.05) is 11.9 Å². The number of hydrogen-bond acceptors (Lipinski definition) is 4. The highest BCUT2D eigenvalue weighted by Crippen LogP contribution is 2.50. The van der Waals surface area contributed by atoms with Gasteiger partial charge in [0, 0.05) is 25.7 Å². The maximum absolute atomic E-state index is 12.8. The monoisotopic (exact) mass is 561 g/mol. The summed E-state index contributed by atoms with van der Waals surface area (Å²) in [6, 6.07) is 10.5. The summed E-state index contributed by atoms with van der Waals surface area (Å²) in [5, 5.41) is 9.25. The average molecular weight is 562 g/mol. The lowest BCUT2D eigenvalue weighted by Crippen LogP contribution is -2.30. The lowest BCUT2D eigenvalue weighted by molar-refractivity contribution is -0.154. The van der Waals surface area contributed by atoms with Gasteiger partial charge in [-0.05, 0) is 61.1 Å². The van der Waals surface area contributed by atoms with E-state index in [-0.39, 0.29) is 18.9 Å². The molecular formula is C28H31ClF3N5O2. The SMILES string of the molecule is Cn1c(Nc2cc(CNC(=O)C3CC3C(F)(F)F)ccc2Cl)nc2cc(C(=O)NCC3CCCCC3)ccc21. The van der Waals surface area contributed by atoms with E-state index in [1.165, 1.54) is 19.3 Å². The number of rotatable bonds is 8. The number of fused-ring (bicyclic) bond motifs is 1. The average Bonchev–Trinajstić information content (AvgIpc) is 3.68. The molecule has 3 aromatic rings. The molecule has 3 N–H and O–H groups in total. The van der Waals surface area contributed by atoms with Crippen molar-refractivity contribution >= 4 is 46.1 Å². The zero-order valence-corrected chi connectivity index (χ0v) is 22.3. The Bertz CT molecular complexity index is 1380. The van der Waals surface area contributed by atoms with E-state index in [1.807, 2.05) is 17.7 Å². The Labute approximate surface area is 229 Å². The van der Waals surface area contributed by atoms with Crippen molar-refractivity contribution in [3.05, 3.63) is 52.5 Å². The Kier molecular flexibility index (Phi) is 7.75. The van der Waals surface area contributed by atoms with E-state index < -0.39 is 23.9 Å². The van der Waals surface area contributed by atoms with Gasteiger partial charge in [-0.1, -0.05) is 36.9 Å². The number of nitrogens with one attached hydrogen (secondary N) is 3. The van der Waals surface area contributed by atoms with Gasteiger partial charge in [-0.2, -0.15) is 13.2 Å².